The Hall–Kier alpha value is -3.74. The summed E-state index contributed by atoms with van der Waals surface area (Å²) in [5, 5.41) is 0. The smallest absolute Gasteiger partial charge is 0.338 e. The van der Waals surface area contributed by atoms with Crippen LogP contribution in [-0.4, -0.2) is 68.0 Å². The SMILES string of the molecule is CCOC(=O)C1=C(C)N=c2s/c(=C\c3ccc(OCC(=O)N4CCOCC4)cc3)c(=O)n2[C@H]1c1cc(Br)ccc1OC. The van der Waals surface area contributed by atoms with Gasteiger partial charge in [-0.05, 0) is 55.8 Å². The van der Waals surface area contributed by atoms with Crippen LogP contribution in [-0.2, 0) is 19.1 Å². The standard InChI is InChI=1S/C30H30BrN3O7S/c1-4-40-29(37)26-18(2)32-30-34(27(26)22-16-20(31)7-10-23(22)38-3)28(36)24(42-30)15-19-5-8-21(9-6-19)41-17-25(35)33-11-13-39-14-12-33/h5-10,15-16,27H,4,11-14,17H2,1-3H3/b24-15-/t27-/m0/s1. The number of hydrogen-bond donors (Lipinski definition) is 0. The molecule has 42 heavy (non-hydrogen) atoms. The van der Waals surface area contributed by atoms with Gasteiger partial charge in [0, 0.05) is 23.1 Å². The number of carbonyl (C=O) groups is 2. The van der Waals surface area contributed by atoms with Crippen molar-refractivity contribution in [2.75, 3.05) is 46.6 Å². The largest absolute Gasteiger partial charge is 0.496 e. The number of amides is 1. The number of halogens is 1. The fourth-order valence-corrected chi connectivity index (χ4v) is 6.29. The molecule has 12 heteroatoms. The van der Waals surface area contributed by atoms with Crippen molar-refractivity contribution in [2.45, 2.75) is 19.9 Å². The van der Waals surface area contributed by atoms with Crippen molar-refractivity contribution >= 4 is 45.2 Å². The molecule has 0 aliphatic carbocycles. The van der Waals surface area contributed by atoms with Crippen molar-refractivity contribution in [3.8, 4) is 11.5 Å². The highest BCUT2D eigenvalue weighted by atomic mass is 79.9. The number of methoxy groups -OCH3 is 1. The Labute approximate surface area is 254 Å². The van der Waals surface area contributed by atoms with Crippen LogP contribution in [0.2, 0.25) is 0 Å². The quantitative estimate of drug-likeness (QED) is 0.344. The molecule has 5 rings (SSSR count). The molecule has 0 N–H and O–H groups in total. The van der Waals surface area contributed by atoms with Gasteiger partial charge in [-0.25, -0.2) is 9.79 Å². The van der Waals surface area contributed by atoms with Gasteiger partial charge in [-0.2, -0.15) is 0 Å². The van der Waals surface area contributed by atoms with Gasteiger partial charge in [0.15, 0.2) is 11.4 Å². The van der Waals surface area contributed by atoms with E-state index in [1.54, 1.807) is 50.1 Å². The second kappa shape index (κ2) is 13.1. The predicted molar refractivity (Wildman–Crippen MR) is 160 cm³/mol. The van der Waals surface area contributed by atoms with Crippen molar-refractivity contribution in [3.05, 3.63) is 89.0 Å². The van der Waals surface area contributed by atoms with Crippen LogP contribution in [0.5, 0.6) is 11.5 Å². The van der Waals surface area contributed by atoms with Crippen molar-refractivity contribution in [3.63, 3.8) is 0 Å². The van der Waals surface area contributed by atoms with E-state index in [1.165, 1.54) is 15.9 Å². The number of ether oxygens (including phenoxy) is 4. The minimum Gasteiger partial charge on any atom is -0.496 e. The number of morpholine rings is 1. The number of allylic oxidation sites excluding steroid dienone is 1. The summed E-state index contributed by atoms with van der Waals surface area (Å²) in [6, 6.07) is 11.8. The molecule has 1 fully saturated rings. The fraction of sp³-hybridized carbons (Fsp3) is 0.333. The molecule has 0 radical (unpaired) electrons. The van der Waals surface area contributed by atoms with Crippen LogP contribution in [0.3, 0.4) is 0 Å². The lowest BCUT2D eigenvalue weighted by Gasteiger charge is -2.26. The first-order valence-corrected chi connectivity index (χ1v) is 15.0. The number of hydrogen-bond acceptors (Lipinski definition) is 9. The van der Waals surface area contributed by atoms with E-state index in [9.17, 15) is 14.4 Å². The number of rotatable bonds is 8. The molecule has 3 heterocycles. The van der Waals surface area contributed by atoms with Gasteiger partial charge in [0.1, 0.15) is 17.5 Å². The number of benzene rings is 2. The Balaban J connectivity index is 1.48. The van der Waals surface area contributed by atoms with E-state index in [2.05, 4.69) is 20.9 Å². The second-order valence-electron chi connectivity index (χ2n) is 9.54. The third-order valence-corrected chi connectivity index (χ3v) is 8.38. The van der Waals surface area contributed by atoms with Crippen LogP contribution in [0.25, 0.3) is 6.08 Å². The number of thiazole rings is 1. The van der Waals surface area contributed by atoms with Gasteiger partial charge in [-0.3, -0.25) is 14.2 Å². The summed E-state index contributed by atoms with van der Waals surface area (Å²) in [7, 11) is 1.54. The lowest BCUT2D eigenvalue weighted by atomic mass is 9.95. The van der Waals surface area contributed by atoms with Crippen molar-refractivity contribution < 1.29 is 28.5 Å². The number of carbonyl (C=O) groups excluding carboxylic acids is 2. The Morgan fingerprint density at radius 1 is 1.17 bits per heavy atom. The molecule has 0 unspecified atom stereocenters. The molecule has 2 aliphatic rings. The summed E-state index contributed by atoms with van der Waals surface area (Å²) in [4.78, 5) is 46.2. The fourth-order valence-electron chi connectivity index (χ4n) is 4.87. The van der Waals surface area contributed by atoms with Crippen LogP contribution >= 0.6 is 27.3 Å². The Morgan fingerprint density at radius 3 is 2.60 bits per heavy atom. The van der Waals surface area contributed by atoms with Gasteiger partial charge in [0.05, 0.1) is 42.7 Å². The summed E-state index contributed by atoms with van der Waals surface area (Å²) in [6.45, 7) is 5.80. The molecule has 10 nitrogen and oxygen atoms in total. The highest BCUT2D eigenvalue weighted by Gasteiger charge is 2.35. The molecule has 2 aromatic carbocycles. The van der Waals surface area contributed by atoms with E-state index >= 15 is 0 Å². The zero-order valence-electron chi connectivity index (χ0n) is 23.4. The van der Waals surface area contributed by atoms with Crippen LogP contribution in [0.4, 0.5) is 0 Å². The molecule has 0 saturated carbocycles. The van der Waals surface area contributed by atoms with E-state index < -0.39 is 12.0 Å². The van der Waals surface area contributed by atoms with Gasteiger partial charge >= 0.3 is 5.97 Å². The first-order chi connectivity index (χ1) is 20.3. The minimum atomic E-state index is -0.797. The third kappa shape index (κ3) is 6.20. The monoisotopic (exact) mass is 655 g/mol. The van der Waals surface area contributed by atoms with Crippen LogP contribution in [0, 0.1) is 0 Å². The molecular formula is C30H30BrN3O7S. The molecule has 220 valence electrons. The van der Waals surface area contributed by atoms with E-state index in [0.717, 1.165) is 10.0 Å². The Kier molecular flexibility index (Phi) is 9.24. The van der Waals surface area contributed by atoms with E-state index in [-0.39, 0.29) is 30.3 Å². The molecule has 0 spiro atoms. The summed E-state index contributed by atoms with van der Waals surface area (Å²) < 4.78 is 24.7. The number of esters is 1. The minimum absolute atomic E-state index is 0.0564. The van der Waals surface area contributed by atoms with Crippen LogP contribution in [0.1, 0.15) is 31.0 Å². The molecule has 1 aromatic heterocycles. The number of fused-ring (bicyclic) bond motifs is 1. The number of nitrogens with zero attached hydrogens (tertiary/aromatic N) is 3. The van der Waals surface area contributed by atoms with Crippen molar-refractivity contribution in [1.82, 2.24) is 9.47 Å². The van der Waals surface area contributed by atoms with Gasteiger partial charge in [0.25, 0.3) is 11.5 Å². The van der Waals surface area contributed by atoms with Crippen molar-refractivity contribution in [1.29, 1.82) is 0 Å². The maximum Gasteiger partial charge on any atom is 0.338 e. The average molecular weight is 657 g/mol. The molecule has 3 aromatic rings. The first kappa shape index (κ1) is 29.7. The third-order valence-electron chi connectivity index (χ3n) is 6.91. The second-order valence-corrected chi connectivity index (χ2v) is 11.5. The Bertz CT molecular complexity index is 1710. The molecular weight excluding hydrogens is 626 g/mol. The first-order valence-electron chi connectivity index (χ1n) is 13.4. The van der Waals surface area contributed by atoms with Gasteiger partial charge in [0.2, 0.25) is 0 Å². The van der Waals surface area contributed by atoms with E-state index in [4.69, 9.17) is 18.9 Å². The predicted octanol–water partition coefficient (Wildman–Crippen LogP) is 2.81. The Morgan fingerprint density at radius 2 is 1.90 bits per heavy atom. The lowest BCUT2D eigenvalue weighted by Crippen LogP contribution is -2.42. The maximum absolute atomic E-state index is 13.9. The van der Waals surface area contributed by atoms with Crippen LogP contribution in [0.15, 0.2) is 68.0 Å². The van der Waals surface area contributed by atoms with Crippen molar-refractivity contribution in [2.24, 2.45) is 4.99 Å². The normalized spacial score (nSPS) is 17.0. The van der Waals surface area contributed by atoms with E-state index in [1.807, 2.05) is 24.3 Å². The molecule has 1 amide bonds. The lowest BCUT2D eigenvalue weighted by molar-refractivity contribution is -0.139. The zero-order valence-corrected chi connectivity index (χ0v) is 25.8. The van der Waals surface area contributed by atoms with E-state index in [0.29, 0.717) is 58.4 Å². The molecule has 0 bridgehead atoms. The molecule has 2 aliphatic heterocycles. The van der Waals surface area contributed by atoms with Gasteiger partial charge < -0.3 is 23.8 Å². The highest BCUT2D eigenvalue weighted by molar-refractivity contribution is 9.10. The topological polar surface area (TPSA) is 109 Å². The zero-order chi connectivity index (χ0) is 29.8. The molecule has 1 atom stereocenters. The van der Waals surface area contributed by atoms with Gasteiger partial charge in [-0.15, -0.1) is 0 Å². The summed E-state index contributed by atoms with van der Waals surface area (Å²) >= 11 is 4.74. The maximum atomic E-state index is 13.9. The number of aromatic nitrogens is 1. The molecule has 1 saturated heterocycles. The summed E-state index contributed by atoms with van der Waals surface area (Å²) in [5.41, 5.74) is 1.85. The summed E-state index contributed by atoms with van der Waals surface area (Å²) in [6.07, 6.45) is 1.77. The summed E-state index contributed by atoms with van der Waals surface area (Å²) in [5.74, 6) is 0.448. The average Bonchev–Trinajstić information content (AvgIpc) is 3.30. The van der Waals surface area contributed by atoms with Gasteiger partial charge in [-0.1, -0.05) is 39.4 Å². The van der Waals surface area contributed by atoms with Crippen LogP contribution < -0.4 is 24.4 Å². The highest BCUT2D eigenvalue weighted by Crippen LogP contribution is 2.37.